The van der Waals surface area contributed by atoms with E-state index < -0.39 is 12.2 Å². The number of benzene rings is 1. The Morgan fingerprint density at radius 2 is 2.17 bits per heavy atom. The van der Waals surface area contributed by atoms with Gasteiger partial charge in [0.05, 0.1) is 12.6 Å². The molecule has 0 saturated carbocycles. The monoisotopic (exact) mass is 249 g/mol. The molecule has 1 aromatic carbocycles. The van der Waals surface area contributed by atoms with Crippen molar-refractivity contribution in [3.05, 3.63) is 45.3 Å². The summed E-state index contributed by atoms with van der Waals surface area (Å²) >= 11 is 0. The third kappa shape index (κ3) is 3.30. The van der Waals surface area contributed by atoms with E-state index in [4.69, 9.17) is 5.53 Å². The molecule has 0 heterocycles. The Balaban J connectivity index is 3.03. The van der Waals surface area contributed by atoms with Crippen LogP contribution in [0.15, 0.2) is 23.3 Å². The second kappa shape index (κ2) is 6.16. The van der Waals surface area contributed by atoms with Gasteiger partial charge in [-0.25, -0.2) is 0 Å². The summed E-state index contributed by atoms with van der Waals surface area (Å²) in [5.41, 5.74) is 9.84. The average molecular weight is 249 g/mol. The number of nitrogens with zero attached hydrogens (tertiary/aromatic N) is 3. The zero-order valence-corrected chi connectivity index (χ0v) is 10.2. The molecule has 0 aromatic heterocycles. The number of ketones is 1. The van der Waals surface area contributed by atoms with Crippen LogP contribution in [0.1, 0.15) is 34.5 Å². The van der Waals surface area contributed by atoms with Crippen LogP contribution in [0.2, 0.25) is 0 Å². The molecule has 2 atom stereocenters. The number of hydrogen-bond acceptors (Lipinski definition) is 4. The van der Waals surface area contributed by atoms with E-state index in [1.54, 1.807) is 25.1 Å². The number of azide groups is 1. The van der Waals surface area contributed by atoms with E-state index in [0.717, 1.165) is 5.56 Å². The summed E-state index contributed by atoms with van der Waals surface area (Å²) in [6.07, 6.45) is -2.38. The molecule has 6 nitrogen and oxygen atoms in total. The maximum absolute atomic E-state index is 11.3. The summed E-state index contributed by atoms with van der Waals surface area (Å²) in [4.78, 5) is 13.8. The predicted octanol–water partition coefficient (Wildman–Crippen LogP) is 1.90. The number of hydrogen-bond donors (Lipinski definition) is 2. The van der Waals surface area contributed by atoms with Crippen LogP contribution in [-0.2, 0) is 0 Å². The molecular formula is C12H15N3O3. The van der Waals surface area contributed by atoms with Crippen molar-refractivity contribution < 1.29 is 15.0 Å². The zero-order chi connectivity index (χ0) is 13.7. The molecule has 0 bridgehead atoms. The first kappa shape index (κ1) is 14.2. The number of Topliss-reactive ketones (excluding diaryl/α,β-unsaturated/α-hetero) is 1. The molecule has 6 heteroatoms. The summed E-state index contributed by atoms with van der Waals surface area (Å²) in [7, 11) is 0. The lowest BCUT2D eigenvalue weighted by Crippen LogP contribution is -2.22. The minimum atomic E-state index is -1.19. The smallest absolute Gasteiger partial charge is 0.159 e. The van der Waals surface area contributed by atoms with Crippen LogP contribution in [0, 0.1) is 6.92 Å². The molecule has 1 aromatic rings. The largest absolute Gasteiger partial charge is 0.390 e. The normalized spacial score (nSPS) is 13.6. The Morgan fingerprint density at radius 1 is 1.50 bits per heavy atom. The van der Waals surface area contributed by atoms with Crippen LogP contribution in [-0.4, -0.2) is 28.6 Å². The molecule has 2 unspecified atom stereocenters. The number of carbonyl (C=O) groups is 1. The van der Waals surface area contributed by atoms with E-state index in [1.807, 2.05) is 0 Å². The highest BCUT2D eigenvalue weighted by atomic mass is 16.3. The lowest BCUT2D eigenvalue weighted by atomic mass is 9.96. The van der Waals surface area contributed by atoms with Gasteiger partial charge in [-0.1, -0.05) is 17.2 Å². The van der Waals surface area contributed by atoms with Crippen LogP contribution < -0.4 is 0 Å². The van der Waals surface area contributed by atoms with E-state index in [-0.39, 0.29) is 12.3 Å². The van der Waals surface area contributed by atoms with Crippen LogP contribution in [0.3, 0.4) is 0 Å². The third-order valence-electron chi connectivity index (χ3n) is 2.70. The summed E-state index contributed by atoms with van der Waals surface area (Å²) < 4.78 is 0. The first-order valence-corrected chi connectivity index (χ1v) is 5.46. The second-order valence-electron chi connectivity index (χ2n) is 4.05. The lowest BCUT2D eigenvalue weighted by Gasteiger charge is -2.19. The second-order valence-corrected chi connectivity index (χ2v) is 4.05. The number of aryl methyl sites for hydroxylation is 1. The molecule has 1 rings (SSSR count). The molecule has 2 N–H and O–H groups in total. The van der Waals surface area contributed by atoms with Crippen LogP contribution in [0.25, 0.3) is 10.4 Å². The van der Waals surface area contributed by atoms with E-state index in [1.165, 1.54) is 6.92 Å². The van der Waals surface area contributed by atoms with Gasteiger partial charge in [0.25, 0.3) is 0 Å². The molecule has 0 spiro atoms. The Hall–Kier alpha value is -1.88. The number of carbonyl (C=O) groups excluding carboxylic acids is 1. The summed E-state index contributed by atoms with van der Waals surface area (Å²) in [6, 6.07) is 4.91. The molecule has 18 heavy (non-hydrogen) atoms. The fourth-order valence-corrected chi connectivity index (χ4v) is 1.61. The van der Waals surface area contributed by atoms with Gasteiger partial charge < -0.3 is 10.2 Å². The number of rotatable bonds is 5. The van der Waals surface area contributed by atoms with Crippen molar-refractivity contribution in [3.63, 3.8) is 0 Å². The fraction of sp³-hybridized carbons (Fsp3) is 0.417. The molecule has 0 aliphatic heterocycles. The quantitative estimate of drug-likeness (QED) is 0.360. The van der Waals surface area contributed by atoms with Crippen molar-refractivity contribution in [2.24, 2.45) is 5.11 Å². The summed E-state index contributed by atoms with van der Waals surface area (Å²) in [5.74, 6) is -0.118. The molecule has 0 aliphatic rings. The Bertz CT molecular complexity index is 495. The van der Waals surface area contributed by atoms with Crippen molar-refractivity contribution in [3.8, 4) is 0 Å². The molecule has 0 saturated heterocycles. The third-order valence-corrected chi connectivity index (χ3v) is 2.70. The average Bonchev–Trinajstić information content (AvgIpc) is 2.35. The molecule has 0 fully saturated rings. The molecule has 0 amide bonds. The van der Waals surface area contributed by atoms with Gasteiger partial charge >= 0.3 is 0 Å². The van der Waals surface area contributed by atoms with Gasteiger partial charge in [0.2, 0.25) is 0 Å². The van der Waals surface area contributed by atoms with E-state index in [9.17, 15) is 15.0 Å². The summed E-state index contributed by atoms with van der Waals surface area (Å²) in [6.45, 7) is 2.97. The standard InChI is InChI=1S/C12H15N3O3/c1-7-3-4-9(8(2)16)5-10(7)12(18)11(17)6-14-15-13/h3-5,11-12,17-18H,6H2,1-2H3. The van der Waals surface area contributed by atoms with Crippen LogP contribution in [0.5, 0.6) is 0 Å². The van der Waals surface area contributed by atoms with Gasteiger partial charge in [-0.05, 0) is 36.6 Å². The first-order valence-electron chi connectivity index (χ1n) is 5.46. The Morgan fingerprint density at radius 3 is 2.72 bits per heavy atom. The van der Waals surface area contributed by atoms with Gasteiger partial charge in [-0.15, -0.1) is 0 Å². The van der Waals surface area contributed by atoms with Crippen molar-refractivity contribution >= 4 is 5.78 Å². The maximum atomic E-state index is 11.3. The predicted molar refractivity (Wildman–Crippen MR) is 66.2 cm³/mol. The van der Waals surface area contributed by atoms with Crippen molar-refractivity contribution in [1.82, 2.24) is 0 Å². The Kier molecular flexibility index (Phi) is 4.85. The van der Waals surface area contributed by atoms with Crippen molar-refractivity contribution in [1.29, 1.82) is 0 Å². The van der Waals surface area contributed by atoms with Gasteiger partial charge in [0, 0.05) is 10.5 Å². The highest BCUT2D eigenvalue weighted by Crippen LogP contribution is 2.22. The minimum Gasteiger partial charge on any atom is -0.390 e. The summed E-state index contributed by atoms with van der Waals surface area (Å²) in [5, 5.41) is 22.8. The molecule has 0 radical (unpaired) electrons. The van der Waals surface area contributed by atoms with Crippen LogP contribution >= 0.6 is 0 Å². The first-order chi connectivity index (χ1) is 8.47. The van der Waals surface area contributed by atoms with Crippen LogP contribution in [0.4, 0.5) is 0 Å². The highest BCUT2D eigenvalue weighted by Gasteiger charge is 2.20. The van der Waals surface area contributed by atoms with Gasteiger partial charge in [0.1, 0.15) is 6.10 Å². The van der Waals surface area contributed by atoms with Crippen molar-refractivity contribution in [2.45, 2.75) is 26.1 Å². The maximum Gasteiger partial charge on any atom is 0.159 e. The zero-order valence-electron chi connectivity index (χ0n) is 10.2. The molecule has 96 valence electrons. The Labute approximate surface area is 105 Å². The lowest BCUT2D eigenvalue weighted by molar-refractivity contribution is 0.0240. The van der Waals surface area contributed by atoms with Gasteiger partial charge in [-0.3, -0.25) is 4.79 Å². The van der Waals surface area contributed by atoms with Gasteiger partial charge in [-0.2, -0.15) is 0 Å². The number of aliphatic hydroxyl groups is 2. The SMILES string of the molecule is CC(=O)c1ccc(C)c(C(O)C(O)CN=[N+]=[N-])c1. The van der Waals surface area contributed by atoms with Crippen molar-refractivity contribution in [2.75, 3.05) is 6.54 Å². The molecular weight excluding hydrogens is 234 g/mol. The van der Waals surface area contributed by atoms with E-state index in [0.29, 0.717) is 11.1 Å². The van der Waals surface area contributed by atoms with E-state index >= 15 is 0 Å². The molecule has 0 aliphatic carbocycles. The highest BCUT2D eigenvalue weighted by molar-refractivity contribution is 5.94. The van der Waals surface area contributed by atoms with E-state index in [2.05, 4.69) is 10.0 Å². The topological polar surface area (TPSA) is 106 Å². The minimum absolute atomic E-state index is 0.118. The fourth-order valence-electron chi connectivity index (χ4n) is 1.61. The number of aliphatic hydroxyl groups excluding tert-OH is 2. The van der Waals surface area contributed by atoms with Gasteiger partial charge in [0.15, 0.2) is 5.78 Å².